The summed E-state index contributed by atoms with van der Waals surface area (Å²) >= 11 is 0. The minimum absolute atomic E-state index is 0.333. The van der Waals surface area contributed by atoms with E-state index < -0.39 is 11.9 Å². The minimum Gasteiger partial charge on any atom is -0.508 e. The van der Waals surface area contributed by atoms with E-state index in [1.54, 1.807) is 6.07 Å². The van der Waals surface area contributed by atoms with Crippen LogP contribution in [0.25, 0.3) is 5.57 Å². The molecule has 0 spiro atoms. The number of benzene rings is 1. The summed E-state index contributed by atoms with van der Waals surface area (Å²) in [5.41, 5.74) is 2.41. The van der Waals surface area contributed by atoms with Gasteiger partial charge in [-0.1, -0.05) is 24.3 Å². The van der Waals surface area contributed by atoms with Crippen molar-refractivity contribution in [1.29, 1.82) is 0 Å². The third-order valence-corrected chi connectivity index (χ3v) is 3.20. The van der Waals surface area contributed by atoms with Crippen molar-refractivity contribution in [1.82, 2.24) is 4.90 Å². The number of carbonyl (C=O) groups is 2. The molecule has 0 aromatic heterocycles. The Kier molecular flexibility index (Phi) is 8.01. The number of hydrogen-bond donors (Lipinski definition) is 3. The fourth-order valence-corrected chi connectivity index (χ4v) is 2.20. The highest BCUT2D eigenvalue weighted by atomic mass is 16.4. The molecule has 6 heteroatoms. The molecule has 1 aromatic rings. The molecule has 0 aliphatic carbocycles. The summed E-state index contributed by atoms with van der Waals surface area (Å²) in [5, 5.41) is 25.1. The van der Waals surface area contributed by atoms with Crippen LogP contribution in [0.5, 0.6) is 5.75 Å². The summed E-state index contributed by atoms with van der Waals surface area (Å²) in [6.07, 6.45) is 6.38. The molecule has 1 aliphatic heterocycles. The second-order valence-electron chi connectivity index (χ2n) is 5.10. The van der Waals surface area contributed by atoms with Gasteiger partial charge in [0.2, 0.25) is 0 Å². The maximum absolute atomic E-state index is 9.55. The normalized spacial score (nSPS) is 14.4. The molecule has 0 saturated carbocycles. The average molecular weight is 331 g/mol. The van der Waals surface area contributed by atoms with Gasteiger partial charge in [0.05, 0.1) is 0 Å². The predicted molar refractivity (Wildman–Crippen MR) is 91.7 cm³/mol. The van der Waals surface area contributed by atoms with Crippen LogP contribution in [0.1, 0.15) is 12.0 Å². The van der Waals surface area contributed by atoms with Crippen LogP contribution >= 0.6 is 0 Å². The number of aliphatic carboxylic acids is 2. The molecule has 0 atom stereocenters. The Morgan fingerprint density at radius 1 is 1.21 bits per heavy atom. The number of carboxylic acid groups (broad SMARTS) is 2. The molecular formula is C18H21NO5. The lowest BCUT2D eigenvalue weighted by atomic mass is 10.0. The van der Waals surface area contributed by atoms with Gasteiger partial charge in [0, 0.05) is 31.8 Å². The van der Waals surface area contributed by atoms with E-state index in [-0.39, 0.29) is 0 Å². The largest absolute Gasteiger partial charge is 0.508 e. The highest BCUT2D eigenvalue weighted by Crippen LogP contribution is 2.23. The summed E-state index contributed by atoms with van der Waals surface area (Å²) in [6, 6.07) is 7.46. The van der Waals surface area contributed by atoms with E-state index in [4.69, 9.17) is 10.2 Å². The van der Waals surface area contributed by atoms with Gasteiger partial charge in [-0.15, -0.1) is 6.58 Å². The molecule has 1 aliphatic rings. The van der Waals surface area contributed by atoms with Gasteiger partial charge >= 0.3 is 11.9 Å². The fraction of sp³-hybridized carbons (Fsp3) is 0.222. The second kappa shape index (κ2) is 10.0. The Bertz CT molecular complexity index is 633. The van der Waals surface area contributed by atoms with E-state index in [0.29, 0.717) is 17.9 Å². The molecular weight excluding hydrogens is 310 g/mol. The topological polar surface area (TPSA) is 98.1 Å². The Labute approximate surface area is 140 Å². The van der Waals surface area contributed by atoms with Crippen molar-refractivity contribution in [2.24, 2.45) is 0 Å². The zero-order valence-electron chi connectivity index (χ0n) is 13.3. The van der Waals surface area contributed by atoms with Crippen molar-refractivity contribution >= 4 is 17.5 Å². The lowest BCUT2D eigenvalue weighted by molar-refractivity contribution is -0.134. The summed E-state index contributed by atoms with van der Waals surface area (Å²) in [4.78, 5) is 21.5. The van der Waals surface area contributed by atoms with Crippen LogP contribution in [0.15, 0.2) is 55.1 Å². The monoisotopic (exact) mass is 331 g/mol. The first-order valence-electron chi connectivity index (χ1n) is 7.38. The summed E-state index contributed by atoms with van der Waals surface area (Å²) < 4.78 is 0. The third kappa shape index (κ3) is 7.42. The lowest BCUT2D eigenvalue weighted by Crippen LogP contribution is -2.29. The third-order valence-electron chi connectivity index (χ3n) is 3.20. The van der Waals surface area contributed by atoms with Crippen molar-refractivity contribution in [3.05, 3.63) is 60.7 Å². The summed E-state index contributed by atoms with van der Waals surface area (Å²) in [5.74, 6) is -2.18. The predicted octanol–water partition coefficient (Wildman–Crippen LogP) is 2.38. The summed E-state index contributed by atoms with van der Waals surface area (Å²) in [7, 11) is 0. The highest BCUT2D eigenvalue weighted by molar-refractivity contribution is 5.89. The summed E-state index contributed by atoms with van der Waals surface area (Å²) in [6.45, 7) is 6.72. The highest BCUT2D eigenvalue weighted by Gasteiger charge is 2.12. The minimum atomic E-state index is -1.26. The van der Waals surface area contributed by atoms with Crippen LogP contribution in [0.2, 0.25) is 0 Å². The first kappa shape index (κ1) is 19.2. The Morgan fingerprint density at radius 2 is 1.88 bits per heavy atom. The lowest BCUT2D eigenvalue weighted by Gasteiger charge is -2.26. The van der Waals surface area contributed by atoms with Gasteiger partial charge in [-0.2, -0.15) is 0 Å². The molecule has 0 unspecified atom stereocenters. The molecule has 24 heavy (non-hydrogen) atoms. The van der Waals surface area contributed by atoms with E-state index in [1.165, 1.54) is 5.57 Å². The van der Waals surface area contributed by atoms with Gasteiger partial charge < -0.3 is 15.3 Å². The van der Waals surface area contributed by atoms with Gasteiger partial charge in [0.15, 0.2) is 0 Å². The standard InChI is InChI=1S/C14H17NO.C4H4O4/c1-2-8-15-9-4-6-13(11-15)12-5-3-7-14(16)10-12;5-3(6)1-2-4(7)8/h2-3,5-7,10,16H,1,4,8-9,11H2;1-2H,(H,5,6)(H,7,8)/b;2-1+. The molecule has 3 N–H and O–H groups in total. The molecule has 128 valence electrons. The zero-order valence-corrected chi connectivity index (χ0v) is 13.3. The van der Waals surface area contributed by atoms with Crippen LogP contribution in [0, 0.1) is 0 Å². The van der Waals surface area contributed by atoms with Crippen LogP contribution in [0.3, 0.4) is 0 Å². The van der Waals surface area contributed by atoms with Crippen LogP contribution in [-0.2, 0) is 9.59 Å². The molecule has 0 fully saturated rings. The van der Waals surface area contributed by atoms with E-state index in [1.807, 2.05) is 24.3 Å². The van der Waals surface area contributed by atoms with Gasteiger partial charge in [-0.3, -0.25) is 4.90 Å². The number of hydrogen-bond acceptors (Lipinski definition) is 4. The fourth-order valence-electron chi connectivity index (χ4n) is 2.20. The maximum atomic E-state index is 9.55. The number of aromatic hydroxyl groups is 1. The maximum Gasteiger partial charge on any atom is 0.328 e. The van der Waals surface area contributed by atoms with Crippen molar-refractivity contribution in [3.8, 4) is 5.75 Å². The smallest absolute Gasteiger partial charge is 0.328 e. The molecule has 1 aromatic carbocycles. The molecule has 2 rings (SSSR count). The van der Waals surface area contributed by atoms with Gasteiger partial charge in [0.1, 0.15) is 5.75 Å². The number of carboxylic acids is 2. The van der Waals surface area contributed by atoms with Crippen molar-refractivity contribution in [2.75, 3.05) is 19.6 Å². The zero-order chi connectivity index (χ0) is 17.9. The van der Waals surface area contributed by atoms with E-state index in [9.17, 15) is 14.7 Å². The number of rotatable bonds is 5. The van der Waals surface area contributed by atoms with Crippen molar-refractivity contribution < 1.29 is 24.9 Å². The van der Waals surface area contributed by atoms with Crippen molar-refractivity contribution in [2.45, 2.75) is 6.42 Å². The van der Waals surface area contributed by atoms with E-state index in [0.717, 1.165) is 31.6 Å². The molecule has 0 bridgehead atoms. The first-order valence-corrected chi connectivity index (χ1v) is 7.38. The first-order chi connectivity index (χ1) is 11.4. The Balaban J connectivity index is 0.000000307. The number of phenolic OH excluding ortho intramolecular Hbond substituents is 1. The molecule has 0 amide bonds. The number of phenols is 1. The van der Waals surface area contributed by atoms with Gasteiger partial charge in [0.25, 0.3) is 0 Å². The van der Waals surface area contributed by atoms with Crippen LogP contribution in [0.4, 0.5) is 0 Å². The van der Waals surface area contributed by atoms with E-state index >= 15 is 0 Å². The molecule has 0 saturated heterocycles. The molecule has 0 radical (unpaired) electrons. The van der Waals surface area contributed by atoms with Crippen LogP contribution < -0.4 is 0 Å². The second-order valence-corrected chi connectivity index (χ2v) is 5.10. The van der Waals surface area contributed by atoms with Gasteiger partial charge in [-0.25, -0.2) is 9.59 Å². The Morgan fingerprint density at radius 3 is 2.42 bits per heavy atom. The number of nitrogens with zero attached hydrogens (tertiary/aromatic N) is 1. The average Bonchev–Trinajstić information content (AvgIpc) is 2.54. The quantitative estimate of drug-likeness (QED) is 0.566. The SMILES string of the molecule is C=CCN1CCC=C(c2cccc(O)c2)C1.O=C(O)/C=C/C(=O)O. The van der Waals surface area contributed by atoms with E-state index in [2.05, 4.69) is 17.6 Å². The van der Waals surface area contributed by atoms with Crippen LogP contribution in [-0.4, -0.2) is 51.8 Å². The Hall–Kier alpha value is -2.86. The molecule has 6 nitrogen and oxygen atoms in total. The van der Waals surface area contributed by atoms with Crippen molar-refractivity contribution in [3.63, 3.8) is 0 Å². The van der Waals surface area contributed by atoms with Gasteiger partial charge in [-0.05, 0) is 29.7 Å². The molecule has 1 heterocycles.